The molecule has 0 radical (unpaired) electrons. The highest BCUT2D eigenvalue weighted by molar-refractivity contribution is 7.89. The zero-order valence-electron chi connectivity index (χ0n) is 11.3. The zero-order valence-corrected chi connectivity index (χ0v) is 12.1. The van der Waals surface area contributed by atoms with Gasteiger partial charge in [0, 0.05) is 19.1 Å². The molecule has 0 spiro atoms. The molecule has 0 aliphatic carbocycles. The van der Waals surface area contributed by atoms with Crippen molar-refractivity contribution in [2.24, 2.45) is 0 Å². The summed E-state index contributed by atoms with van der Waals surface area (Å²) in [6.07, 6.45) is 1.36. The van der Waals surface area contributed by atoms with E-state index < -0.39 is 10.0 Å². The molecule has 1 aliphatic heterocycles. The van der Waals surface area contributed by atoms with E-state index in [2.05, 4.69) is 10.0 Å². The number of carbonyl (C=O) groups excluding carboxylic acids is 1. The molecule has 1 amide bonds. The minimum Gasteiger partial charge on any atom is -0.341 e. The van der Waals surface area contributed by atoms with Crippen molar-refractivity contribution in [3.8, 4) is 0 Å². The molecule has 7 heteroatoms. The summed E-state index contributed by atoms with van der Waals surface area (Å²) in [5.41, 5.74) is 0. The molecule has 1 atom stereocenters. The Labute approximate surface area is 109 Å². The number of nitrogens with one attached hydrogen (secondary N) is 2. The fraction of sp³-hybridized carbons (Fsp3) is 0.909. The number of hydrogen-bond acceptors (Lipinski definition) is 4. The van der Waals surface area contributed by atoms with Crippen LogP contribution in [-0.4, -0.2) is 57.2 Å². The van der Waals surface area contributed by atoms with Crippen molar-refractivity contribution in [3.63, 3.8) is 0 Å². The summed E-state index contributed by atoms with van der Waals surface area (Å²) < 4.78 is 25.5. The standard InChI is InChI=1S/C11H23N3O3S/c1-4-18(16,17)13-10-5-7-14(8-6-10)11(15)9(2)12-3/h9-10,12-13H,4-8H2,1-3H3. The Morgan fingerprint density at radius 2 is 1.94 bits per heavy atom. The first kappa shape index (κ1) is 15.4. The van der Waals surface area contributed by atoms with Crippen LogP contribution in [0.2, 0.25) is 0 Å². The van der Waals surface area contributed by atoms with Crippen molar-refractivity contribution in [3.05, 3.63) is 0 Å². The van der Waals surface area contributed by atoms with Crippen LogP contribution in [0.25, 0.3) is 0 Å². The summed E-state index contributed by atoms with van der Waals surface area (Å²) in [5.74, 6) is 0.178. The van der Waals surface area contributed by atoms with Gasteiger partial charge in [0.15, 0.2) is 0 Å². The lowest BCUT2D eigenvalue weighted by atomic mass is 10.1. The second-order valence-corrected chi connectivity index (χ2v) is 6.67. The largest absolute Gasteiger partial charge is 0.341 e. The monoisotopic (exact) mass is 277 g/mol. The predicted octanol–water partition coefficient (Wildman–Crippen LogP) is -0.475. The number of rotatable bonds is 5. The molecule has 0 saturated carbocycles. The van der Waals surface area contributed by atoms with Gasteiger partial charge >= 0.3 is 0 Å². The van der Waals surface area contributed by atoms with Gasteiger partial charge in [-0.3, -0.25) is 4.79 Å². The van der Waals surface area contributed by atoms with Crippen LogP contribution < -0.4 is 10.0 Å². The van der Waals surface area contributed by atoms with E-state index in [0.717, 1.165) is 0 Å². The summed E-state index contributed by atoms with van der Waals surface area (Å²) in [5, 5.41) is 2.92. The first-order chi connectivity index (χ1) is 8.39. The quantitative estimate of drug-likeness (QED) is 0.712. The number of sulfonamides is 1. The number of likely N-dealkylation sites (tertiary alicyclic amines) is 1. The molecule has 18 heavy (non-hydrogen) atoms. The van der Waals surface area contributed by atoms with E-state index in [4.69, 9.17) is 0 Å². The molecule has 1 unspecified atom stereocenters. The molecule has 0 aromatic carbocycles. The Hall–Kier alpha value is -0.660. The Morgan fingerprint density at radius 1 is 1.39 bits per heavy atom. The molecular weight excluding hydrogens is 254 g/mol. The highest BCUT2D eigenvalue weighted by Crippen LogP contribution is 2.12. The van der Waals surface area contributed by atoms with Gasteiger partial charge in [-0.2, -0.15) is 0 Å². The molecule has 1 fully saturated rings. The van der Waals surface area contributed by atoms with Gasteiger partial charge in [-0.05, 0) is 33.7 Å². The van der Waals surface area contributed by atoms with Crippen LogP contribution in [0, 0.1) is 0 Å². The predicted molar refractivity (Wildman–Crippen MR) is 70.7 cm³/mol. The van der Waals surface area contributed by atoms with Gasteiger partial charge in [-0.1, -0.05) is 0 Å². The highest BCUT2D eigenvalue weighted by atomic mass is 32.2. The Balaban J connectivity index is 2.44. The number of likely N-dealkylation sites (N-methyl/N-ethyl adjacent to an activating group) is 1. The van der Waals surface area contributed by atoms with Crippen LogP contribution in [0.4, 0.5) is 0 Å². The number of carbonyl (C=O) groups is 1. The lowest BCUT2D eigenvalue weighted by molar-refractivity contribution is -0.133. The van der Waals surface area contributed by atoms with E-state index in [9.17, 15) is 13.2 Å². The Bertz CT molecular complexity index is 375. The van der Waals surface area contributed by atoms with Crippen LogP contribution in [0.15, 0.2) is 0 Å². The Kier molecular flexibility index (Phi) is 5.55. The lowest BCUT2D eigenvalue weighted by Gasteiger charge is -2.33. The third kappa shape index (κ3) is 4.22. The molecule has 106 valence electrons. The molecule has 0 aromatic heterocycles. The maximum atomic E-state index is 11.9. The number of hydrogen-bond donors (Lipinski definition) is 2. The topological polar surface area (TPSA) is 78.5 Å². The van der Waals surface area contributed by atoms with Gasteiger partial charge in [0.1, 0.15) is 0 Å². The van der Waals surface area contributed by atoms with E-state index in [-0.39, 0.29) is 23.7 Å². The molecule has 1 aliphatic rings. The lowest BCUT2D eigenvalue weighted by Crippen LogP contribution is -2.50. The summed E-state index contributed by atoms with van der Waals surface area (Å²) in [6.45, 7) is 4.67. The smallest absolute Gasteiger partial charge is 0.239 e. The van der Waals surface area contributed by atoms with Gasteiger partial charge in [-0.25, -0.2) is 13.1 Å². The van der Waals surface area contributed by atoms with Crippen LogP contribution in [-0.2, 0) is 14.8 Å². The van der Waals surface area contributed by atoms with Crippen LogP contribution in [0.3, 0.4) is 0 Å². The first-order valence-electron chi connectivity index (χ1n) is 6.35. The van der Waals surface area contributed by atoms with Gasteiger partial charge in [0.2, 0.25) is 15.9 Å². The van der Waals surface area contributed by atoms with Crippen LogP contribution in [0.1, 0.15) is 26.7 Å². The molecule has 6 nitrogen and oxygen atoms in total. The van der Waals surface area contributed by atoms with Gasteiger partial charge < -0.3 is 10.2 Å². The maximum Gasteiger partial charge on any atom is 0.239 e. The Morgan fingerprint density at radius 3 is 2.39 bits per heavy atom. The van der Waals surface area contributed by atoms with Gasteiger partial charge in [0.05, 0.1) is 11.8 Å². The number of piperidine rings is 1. The van der Waals surface area contributed by atoms with Gasteiger partial charge in [-0.15, -0.1) is 0 Å². The fourth-order valence-electron chi connectivity index (χ4n) is 1.95. The molecule has 1 rings (SSSR count). The average molecular weight is 277 g/mol. The average Bonchev–Trinajstić information content (AvgIpc) is 2.37. The van der Waals surface area contributed by atoms with Crippen molar-refractivity contribution in [1.82, 2.24) is 14.9 Å². The summed E-state index contributed by atoms with van der Waals surface area (Å²) >= 11 is 0. The number of amides is 1. The second kappa shape index (κ2) is 6.49. The van der Waals surface area contributed by atoms with Crippen LogP contribution >= 0.6 is 0 Å². The SMILES string of the molecule is CCS(=O)(=O)NC1CCN(C(=O)C(C)NC)CC1. The second-order valence-electron chi connectivity index (χ2n) is 4.63. The first-order valence-corrected chi connectivity index (χ1v) is 8.01. The van der Waals surface area contributed by atoms with Crippen molar-refractivity contribution >= 4 is 15.9 Å². The van der Waals surface area contributed by atoms with E-state index in [1.807, 2.05) is 6.92 Å². The molecule has 0 aromatic rings. The molecule has 2 N–H and O–H groups in total. The minimum absolute atomic E-state index is 0.0381. The third-order valence-corrected chi connectivity index (χ3v) is 4.79. The molecule has 1 saturated heterocycles. The van der Waals surface area contributed by atoms with Crippen molar-refractivity contribution in [2.45, 2.75) is 38.8 Å². The summed E-state index contributed by atoms with van der Waals surface area (Å²) in [7, 11) is -1.39. The fourth-order valence-corrected chi connectivity index (χ4v) is 2.86. The maximum absolute atomic E-state index is 11.9. The van der Waals surface area contributed by atoms with Crippen molar-refractivity contribution in [2.75, 3.05) is 25.9 Å². The third-order valence-electron chi connectivity index (χ3n) is 3.34. The van der Waals surface area contributed by atoms with Crippen LogP contribution in [0.5, 0.6) is 0 Å². The normalized spacial score (nSPS) is 19.8. The zero-order chi connectivity index (χ0) is 13.8. The highest BCUT2D eigenvalue weighted by Gasteiger charge is 2.26. The van der Waals surface area contributed by atoms with Crippen molar-refractivity contribution < 1.29 is 13.2 Å². The molecular formula is C11H23N3O3S. The van der Waals surface area contributed by atoms with E-state index >= 15 is 0 Å². The summed E-state index contributed by atoms with van der Waals surface area (Å²) in [6, 6.07) is -0.224. The van der Waals surface area contributed by atoms with E-state index in [1.54, 1.807) is 18.9 Å². The summed E-state index contributed by atoms with van der Waals surface area (Å²) in [4.78, 5) is 13.7. The van der Waals surface area contributed by atoms with Crippen molar-refractivity contribution in [1.29, 1.82) is 0 Å². The van der Waals surface area contributed by atoms with E-state index in [1.165, 1.54) is 0 Å². The van der Waals surface area contributed by atoms with Gasteiger partial charge in [0.25, 0.3) is 0 Å². The molecule has 0 bridgehead atoms. The molecule has 1 heterocycles. The minimum atomic E-state index is -3.14. The number of nitrogens with zero attached hydrogens (tertiary/aromatic N) is 1. The van der Waals surface area contributed by atoms with E-state index in [0.29, 0.717) is 25.9 Å².